The van der Waals surface area contributed by atoms with E-state index in [1.54, 1.807) is 6.07 Å². The number of oxime groups is 1. The smallest absolute Gasteiger partial charge is 0.170 e. The summed E-state index contributed by atoms with van der Waals surface area (Å²) in [5.74, 6) is 1.67. The summed E-state index contributed by atoms with van der Waals surface area (Å²) in [5, 5.41) is 12.2. The third-order valence-corrected chi connectivity index (χ3v) is 3.85. The second kappa shape index (κ2) is 5.06. The van der Waals surface area contributed by atoms with Crippen molar-refractivity contribution in [1.29, 1.82) is 0 Å². The molecular weight excluding hydrogens is 250 g/mol. The lowest BCUT2D eigenvalue weighted by molar-refractivity contribution is 0.318. The molecule has 0 aromatic heterocycles. The van der Waals surface area contributed by atoms with Gasteiger partial charge in [-0.2, -0.15) is 0 Å². The standard InChI is InChI=1S/C13H18ClN3O/c1-8-5-10(8)7-17(2)12-4-3-9(6-11(12)14)13(15)16-18/h3-4,6,8,10,18H,5,7H2,1-2H3,(H2,15,16). The van der Waals surface area contributed by atoms with Gasteiger partial charge in [-0.15, -0.1) is 0 Å². The molecule has 1 saturated carbocycles. The maximum atomic E-state index is 8.62. The molecule has 98 valence electrons. The third-order valence-electron chi connectivity index (χ3n) is 3.55. The van der Waals surface area contributed by atoms with Crippen molar-refractivity contribution in [2.24, 2.45) is 22.7 Å². The monoisotopic (exact) mass is 267 g/mol. The number of hydrogen-bond acceptors (Lipinski definition) is 3. The van der Waals surface area contributed by atoms with Gasteiger partial charge in [-0.3, -0.25) is 0 Å². The molecule has 0 aliphatic heterocycles. The lowest BCUT2D eigenvalue weighted by atomic mass is 10.1. The highest BCUT2D eigenvalue weighted by Crippen LogP contribution is 2.39. The summed E-state index contributed by atoms with van der Waals surface area (Å²) in [4.78, 5) is 2.16. The molecule has 1 aromatic carbocycles. The summed E-state index contributed by atoms with van der Waals surface area (Å²) in [7, 11) is 2.04. The third kappa shape index (κ3) is 2.70. The Bertz CT molecular complexity index is 475. The second-order valence-electron chi connectivity index (χ2n) is 5.01. The number of hydrogen-bond donors (Lipinski definition) is 2. The minimum atomic E-state index is 0.0712. The minimum absolute atomic E-state index is 0.0712. The highest BCUT2D eigenvalue weighted by Gasteiger charge is 2.33. The lowest BCUT2D eigenvalue weighted by Gasteiger charge is -2.21. The first kappa shape index (κ1) is 13.0. The normalized spacial score (nSPS) is 22.9. The molecule has 1 aliphatic rings. The van der Waals surface area contributed by atoms with Gasteiger partial charge in [0.2, 0.25) is 0 Å². The van der Waals surface area contributed by atoms with Crippen LogP contribution in [0.2, 0.25) is 5.02 Å². The van der Waals surface area contributed by atoms with Crippen molar-refractivity contribution in [1.82, 2.24) is 0 Å². The molecule has 0 bridgehead atoms. The van der Waals surface area contributed by atoms with Crippen molar-refractivity contribution in [3.8, 4) is 0 Å². The molecule has 2 atom stereocenters. The molecule has 0 radical (unpaired) electrons. The summed E-state index contributed by atoms with van der Waals surface area (Å²) in [6, 6.07) is 5.44. The molecule has 0 saturated heterocycles. The summed E-state index contributed by atoms with van der Waals surface area (Å²) in [5.41, 5.74) is 7.13. The average molecular weight is 268 g/mol. The van der Waals surface area contributed by atoms with Crippen molar-refractivity contribution in [3.63, 3.8) is 0 Å². The lowest BCUT2D eigenvalue weighted by Crippen LogP contribution is -2.21. The molecule has 4 nitrogen and oxygen atoms in total. The summed E-state index contributed by atoms with van der Waals surface area (Å²) >= 11 is 6.23. The van der Waals surface area contributed by atoms with Gasteiger partial charge in [-0.05, 0) is 36.5 Å². The van der Waals surface area contributed by atoms with E-state index in [1.807, 2.05) is 19.2 Å². The fraction of sp³-hybridized carbons (Fsp3) is 0.462. The van der Waals surface area contributed by atoms with Gasteiger partial charge in [0.25, 0.3) is 0 Å². The van der Waals surface area contributed by atoms with Crippen molar-refractivity contribution >= 4 is 23.1 Å². The molecule has 0 amide bonds. The van der Waals surface area contributed by atoms with Crippen molar-refractivity contribution < 1.29 is 5.21 Å². The predicted molar refractivity (Wildman–Crippen MR) is 74.5 cm³/mol. The first-order chi connectivity index (χ1) is 8.52. The molecular formula is C13H18ClN3O. The van der Waals surface area contributed by atoms with Crippen LogP contribution in [0.1, 0.15) is 18.9 Å². The number of amidine groups is 1. The zero-order chi connectivity index (χ0) is 13.3. The quantitative estimate of drug-likeness (QED) is 0.381. The molecule has 2 rings (SSSR count). The Balaban J connectivity index is 2.13. The number of nitrogens with zero attached hydrogens (tertiary/aromatic N) is 2. The first-order valence-electron chi connectivity index (χ1n) is 6.01. The fourth-order valence-electron chi connectivity index (χ4n) is 2.14. The van der Waals surface area contributed by atoms with Gasteiger partial charge in [-0.1, -0.05) is 23.7 Å². The van der Waals surface area contributed by atoms with Crippen LogP contribution in [0.25, 0.3) is 0 Å². The van der Waals surface area contributed by atoms with Gasteiger partial charge in [-0.25, -0.2) is 0 Å². The van der Waals surface area contributed by atoms with E-state index in [2.05, 4.69) is 17.0 Å². The van der Waals surface area contributed by atoms with E-state index in [-0.39, 0.29) is 5.84 Å². The van der Waals surface area contributed by atoms with E-state index in [1.165, 1.54) is 6.42 Å². The molecule has 3 N–H and O–H groups in total. The Morgan fingerprint density at radius 1 is 1.61 bits per heavy atom. The van der Waals surface area contributed by atoms with Crippen LogP contribution < -0.4 is 10.6 Å². The SMILES string of the molecule is CC1CC1CN(C)c1ccc(C(N)=NO)cc1Cl. The van der Waals surface area contributed by atoms with Crippen LogP contribution in [-0.2, 0) is 0 Å². The van der Waals surface area contributed by atoms with Crippen molar-refractivity contribution in [3.05, 3.63) is 28.8 Å². The van der Waals surface area contributed by atoms with Gasteiger partial charge in [0, 0.05) is 19.2 Å². The van der Waals surface area contributed by atoms with Crippen LogP contribution in [0.3, 0.4) is 0 Å². The molecule has 5 heteroatoms. The van der Waals surface area contributed by atoms with Crippen molar-refractivity contribution in [2.45, 2.75) is 13.3 Å². The minimum Gasteiger partial charge on any atom is -0.409 e. The Kier molecular flexibility index (Phi) is 3.66. The maximum Gasteiger partial charge on any atom is 0.170 e. The van der Waals surface area contributed by atoms with Crippen LogP contribution in [0.15, 0.2) is 23.4 Å². The summed E-state index contributed by atoms with van der Waals surface area (Å²) in [6.07, 6.45) is 1.30. The number of halogens is 1. The van der Waals surface area contributed by atoms with Crippen LogP contribution in [0.5, 0.6) is 0 Å². The maximum absolute atomic E-state index is 8.62. The van der Waals surface area contributed by atoms with Crippen LogP contribution in [0.4, 0.5) is 5.69 Å². The zero-order valence-electron chi connectivity index (χ0n) is 10.6. The van der Waals surface area contributed by atoms with E-state index in [4.69, 9.17) is 22.5 Å². The zero-order valence-corrected chi connectivity index (χ0v) is 11.4. The average Bonchev–Trinajstić information content (AvgIpc) is 3.03. The largest absolute Gasteiger partial charge is 0.409 e. The topological polar surface area (TPSA) is 61.8 Å². The Labute approximate surface area is 112 Å². The summed E-state index contributed by atoms with van der Waals surface area (Å²) < 4.78 is 0. The van der Waals surface area contributed by atoms with Crippen molar-refractivity contribution in [2.75, 3.05) is 18.5 Å². The molecule has 2 unspecified atom stereocenters. The Morgan fingerprint density at radius 3 is 2.78 bits per heavy atom. The van der Waals surface area contributed by atoms with E-state index >= 15 is 0 Å². The van der Waals surface area contributed by atoms with Crippen LogP contribution >= 0.6 is 11.6 Å². The van der Waals surface area contributed by atoms with E-state index in [0.29, 0.717) is 10.6 Å². The van der Waals surface area contributed by atoms with E-state index in [9.17, 15) is 0 Å². The summed E-state index contributed by atoms with van der Waals surface area (Å²) in [6.45, 7) is 3.28. The van der Waals surface area contributed by atoms with Gasteiger partial charge < -0.3 is 15.8 Å². The number of benzene rings is 1. The number of rotatable bonds is 4. The highest BCUT2D eigenvalue weighted by atomic mass is 35.5. The molecule has 0 heterocycles. The second-order valence-corrected chi connectivity index (χ2v) is 5.41. The first-order valence-corrected chi connectivity index (χ1v) is 6.39. The Hall–Kier alpha value is -1.42. The predicted octanol–water partition coefficient (Wildman–Crippen LogP) is 2.53. The van der Waals surface area contributed by atoms with Gasteiger partial charge in [0.15, 0.2) is 5.84 Å². The molecule has 0 spiro atoms. The van der Waals surface area contributed by atoms with Crippen LogP contribution in [-0.4, -0.2) is 24.6 Å². The fourth-order valence-corrected chi connectivity index (χ4v) is 2.46. The Morgan fingerprint density at radius 2 is 2.28 bits per heavy atom. The molecule has 1 aromatic rings. The van der Waals surface area contributed by atoms with Gasteiger partial charge in [0.05, 0.1) is 10.7 Å². The van der Waals surface area contributed by atoms with Gasteiger partial charge >= 0.3 is 0 Å². The van der Waals surface area contributed by atoms with E-state index in [0.717, 1.165) is 24.1 Å². The number of anilines is 1. The van der Waals surface area contributed by atoms with Crippen LogP contribution in [0, 0.1) is 11.8 Å². The molecule has 18 heavy (non-hydrogen) atoms. The number of nitrogens with two attached hydrogens (primary N) is 1. The van der Waals surface area contributed by atoms with Gasteiger partial charge in [0.1, 0.15) is 0 Å². The van der Waals surface area contributed by atoms with E-state index < -0.39 is 0 Å². The molecule has 1 aliphatic carbocycles. The highest BCUT2D eigenvalue weighted by molar-refractivity contribution is 6.33. The molecule has 1 fully saturated rings.